The summed E-state index contributed by atoms with van der Waals surface area (Å²) in [5, 5.41) is 12.7. The summed E-state index contributed by atoms with van der Waals surface area (Å²) >= 11 is 0. The maximum absolute atomic E-state index is 11.3. The normalized spacial score (nSPS) is 40.9. The van der Waals surface area contributed by atoms with E-state index in [2.05, 4.69) is 5.32 Å². The van der Waals surface area contributed by atoms with Crippen molar-refractivity contribution in [1.29, 1.82) is 0 Å². The number of nitrogens with one attached hydrogen (secondary N) is 1. The van der Waals surface area contributed by atoms with Crippen molar-refractivity contribution in [2.75, 3.05) is 13.7 Å². The molecule has 0 aromatic heterocycles. The Morgan fingerprint density at radius 3 is 2.80 bits per heavy atom. The highest BCUT2D eigenvalue weighted by Crippen LogP contribution is 2.35. The fourth-order valence-corrected chi connectivity index (χ4v) is 3.09. The second-order valence-corrected chi connectivity index (χ2v) is 4.60. The Kier molecular flexibility index (Phi) is 3.26. The van der Waals surface area contributed by atoms with Gasteiger partial charge >= 0.3 is 5.97 Å². The van der Waals surface area contributed by atoms with Crippen molar-refractivity contribution in [3.05, 3.63) is 0 Å². The van der Waals surface area contributed by atoms with E-state index in [0.29, 0.717) is 12.6 Å². The molecular formula is C11H19NO3. The number of ether oxygens (including phenoxy) is 1. The van der Waals surface area contributed by atoms with Crippen LogP contribution in [0.25, 0.3) is 0 Å². The molecule has 15 heavy (non-hydrogen) atoms. The lowest BCUT2D eigenvalue weighted by molar-refractivity contribution is -0.153. The molecule has 1 saturated heterocycles. The van der Waals surface area contributed by atoms with E-state index in [1.807, 2.05) is 0 Å². The summed E-state index contributed by atoms with van der Waals surface area (Å²) in [6.07, 6.45) is 4.35. The molecule has 2 rings (SSSR count). The molecule has 0 amide bonds. The standard InChI is InChI=1S/C11H19NO3/c1-15-9-6-12-8-5-3-2-4-7(8)10(9)11(13)14/h7-10,12H,2-6H2,1H3,(H,13,14). The van der Waals surface area contributed by atoms with Gasteiger partial charge in [0.2, 0.25) is 0 Å². The Labute approximate surface area is 90.0 Å². The first-order chi connectivity index (χ1) is 7.24. The largest absolute Gasteiger partial charge is 0.481 e. The van der Waals surface area contributed by atoms with Gasteiger partial charge in [-0.2, -0.15) is 0 Å². The average molecular weight is 213 g/mol. The predicted octanol–water partition coefficient (Wildman–Crippen LogP) is 0.864. The molecule has 0 aromatic carbocycles. The van der Waals surface area contributed by atoms with Crippen LogP contribution in [0.1, 0.15) is 25.7 Å². The summed E-state index contributed by atoms with van der Waals surface area (Å²) in [5.41, 5.74) is 0. The third-order valence-electron chi connectivity index (χ3n) is 3.85. The van der Waals surface area contributed by atoms with Gasteiger partial charge in [-0.25, -0.2) is 0 Å². The first-order valence-corrected chi connectivity index (χ1v) is 5.73. The Morgan fingerprint density at radius 1 is 1.40 bits per heavy atom. The second-order valence-electron chi connectivity index (χ2n) is 4.60. The molecule has 4 heteroatoms. The number of piperidine rings is 1. The van der Waals surface area contributed by atoms with Crippen LogP contribution in [0.3, 0.4) is 0 Å². The minimum absolute atomic E-state index is 0.165. The number of methoxy groups -OCH3 is 1. The molecule has 0 bridgehead atoms. The van der Waals surface area contributed by atoms with E-state index in [1.54, 1.807) is 7.11 Å². The van der Waals surface area contributed by atoms with Gasteiger partial charge in [-0.15, -0.1) is 0 Å². The molecule has 1 aliphatic heterocycles. The number of hydrogen-bond acceptors (Lipinski definition) is 3. The molecule has 2 N–H and O–H groups in total. The molecule has 1 aliphatic carbocycles. The summed E-state index contributed by atoms with van der Waals surface area (Å²) in [4.78, 5) is 11.3. The molecule has 1 saturated carbocycles. The fourth-order valence-electron chi connectivity index (χ4n) is 3.09. The average Bonchev–Trinajstić information content (AvgIpc) is 2.27. The van der Waals surface area contributed by atoms with Gasteiger partial charge < -0.3 is 15.2 Å². The Morgan fingerprint density at radius 2 is 2.13 bits per heavy atom. The van der Waals surface area contributed by atoms with E-state index >= 15 is 0 Å². The zero-order chi connectivity index (χ0) is 10.8. The van der Waals surface area contributed by atoms with Crippen LogP contribution in [0.15, 0.2) is 0 Å². The van der Waals surface area contributed by atoms with Crippen LogP contribution in [-0.4, -0.2) is 36.9 Å². The van der Waals surface area contributed by atoms with E-state index in [-0.39, 0.29) is 17.9 Å². The first kappa shape index (κ1) is 10.9. The van der Waals surface area contributed by atoms with Crippen molar-refractivity contribution in [2.45, 2.75) is 37.8 Å². The number of fused-ring (bicyclic) bond motifs is 1. The van der Waals surface area contributed by atoms with E-state index in [1.165, 1.54) is 6.42 Å². The summed E-state index contributed by atoms with van der Waals surface area (Å²) in [5.74, 6) is -0.753. The molecule has 0 aromatic rings. The molecule has 0 spiro atoms. The lowest BCUT2D eigenvalue weighted by Gasteiger charge is -2.43. The minimum Gasteiger partial charge on any atom is -0.481 e. The second kappa shape index (κ2) is 4.49. The first-order valence-electron chi connectivity index (χ1n) is 5.73. The Hall–Kier alpha value is -0.610. The van der Waals surface area contributed by atoms with Crippen LogP contribution in [-0.2, 0) is 9.53 Å². The smallest absolute Gasteiger partial charge is 0.309 e. The molecular weight excluding hydrogens is 194 g/mol. The number of aliphatic carboxylic acids is 1. The van der Waals surface area contributed by atoms with E-state index in [0.717, 1.165) is 19.3 Å². The van der Waals surface area contributed by atoms with Crippen LogP contribution < -0.4 is 5.32 Å². The zero-order valence-electron chi connectivity index (χ0n) is 9.11. The molecule has 1 heterocycles. The Balaban J connectivity index is 2.14. The number of carbonyl (C=O) groups is 1. The van der Waals surface area contributed by atoms with Crippen LogP contribution >= 0.6 is 0 Å². The molecule has 4 atom stereocenters. The van der Waals surface area contributed by atoms with E-state index < -0.39 is 5.97 Å². The third kappa shape index (κ3) is 2.01. The van der Waals surface area contributed by atoms with E-state index in [4.69, 9.17) is 4.74 Å². The molecule has 4 unspecified atom stereocenters. The number of carboxylic acids is 1. The van der Waals surface area contributed by atoms with Gasteiger partial charge in [0.1, 0.15) is 0 Å². The quantitative estimate of drug-likeness (QED) is 0.714. The topological polar surface area (TPSA) is 58.6 Å². The monoisotopic (exact) mass is 213 g/mol. The highest BCUT2D eigenvalue weighted by Gasteiger charge is 2.44. The van der Waals surface area contributed by atoms with Crippen molar-refractivity contribution >= 4 is 5.97 Å². The van der Waals surface area contributed by atoms with Gasteiger partial charge in [0.15, 0.2) is 0 Å². The minimum atomic E-state index is -0.694. The van der Waals surface area contributed by atoms with Gasteiger partial charge in [-0.05, 0) is 18.8 Å². The molecule has 2 aliphatic rings. The van der Waals surface area contributed by atoms with Crippen molar-refractivity contribution in [3.8, 4) is 0 Å². The Bertz CT molecular complexity index is 244. The summed E-state index contributed by atoms with van der Waals surface area (Å²) in [6.45, 7) is 0.675. The number of carboxylic acid groups (broad SMARTS) is 1. The van der Waals surface area contributed by atoms with Crippen molar-refractivity contribution in [1.82, 2.24) is 5.32 Å². The van der Waals surface area contributed by atoms with Crippen LogP contribution in [0, 0.1) is 11.8 Å². The maximum atomic E-state index is 11.3. The number of rotatable bonds is 2. The van der Waals surface area contributed by atoms with Crippen molar-refractivity contribution in [2.24, 2.45) is 11.8 Å². The van der Waals surface area contributed by atoms with Crippen molar-refractivity contribution < 1.29 is 14.6 Å². The van der Waals surface area contributed by atoms with Crippen LogP contribution in [0.4, 0.5) is 0 Å². The summed E-state index contributed by atoms with van der Waals surface area (Å²) in [6, 6.07) is 0.395. The molecule has 4 nitrogen and oxygen atoms in total. The maximum Gasteiger partial charge on any atom is 0.309 e. The molecule has 2 fully saturated rings. The fraction of sp³-hybridized carbons (Fsp3) is 0.909. The lowest BCUT2D eigenvalue weighted by atomic mass is 9.71. The SMILES string of the molecule is COC1CNC2CCCCC2C1C(=O)O. The van der Waals surface area contributed by atoms with Gasteiger partial charge in [0, 0.05) is 19.7 Å². The molecule has 86 valence electrons. The molecule has 0 radical (unpaired) electrons. The predicted molar refractivity (Wildman–Crippen MR) is 55.7 cm³/mol. The third-order valence-corrected chi connectivity index (χ3v) is 3.85. The van der Waals surface area contributed by atoms with E-state index in [9.17, 15) is 9.90 Å². The zero-order valence-corrected chi connectivity index (χ0v) is 9.11. The van der Waals surface area contributed by atoms with Crippen LogP contribution in [0.2, 0.25) is 0 Å². The summed E-state index contributed by atoms with van der Waals surface area (Å²) < 4.78 is 5.27. The number of hydrogen-bond donors (Lipinski definition) is 2. The van der Waals surface area contributed by atoms with Gasteiger partial charge in [0.25, 0.3) is 0 Å². The lowest BCUT2D eigenvalue weighted by Crippen LogP contribution is -2.57. The van der Waals surface area contributed by atoms with Gasteiger partial charge in [-0.1, -0.05) is 12.8 Å². The summed E-state index contributed by atoms with van der Waals surface area (Å²) in [7, 11) is 1.60. The van der Waals surface area contributed by atoms with Gasteiger partial charge in [0.05, 0.1) is 12.0 Å². The van der Waals surface area contributed by atoms with Crippen LogP contribution in [0.5, 0.6) is 0 Å². The highest BCUT2D eigenvalue weighted by molar-refractivity contribution is 5.71. The van der Waals surface area contributed by atoms with Crippen molar-refractivity contribution in [3.63, 3.8) is 0 Å². The highest BCUT2D eigenvalue weighted by atomic mass is 16.5. The van der Waals surface area contributed by atoms with Gasteiger partial charge in [-0.3, -0.25) is 4.79 Å².